The van der Waals surface area contributed by atoms with Gasteiger partial charge in [0.25, 0.3) is 0 Å². The van der Waals surface area contributed by atoms with E-state index >= 15 is 0 Å². The largest absolute Gasteiger partial charge is 0.497 e. The quantitative estimate of drug-likeness (QED) is 0.383. The zero-order valence-electron chi connectivity index (χ0n) is 17.9. The number of carbonyl (C=O) groups excluding carboxylic acids is 2. The van der Waals surface area contributed by atoms with E-state index < -0.39 is 12.1 Å². The molecule has 0 aliphatic rings. The average Bonchev–Trinajstić information content (AvgIpc) is 3.27. The van der Waals surface area contributed by atoms with Crippen LogP contribution in [0.3, 0.4) is 0 Å². The molecule has 1 heterocycles. The number of amides is 3. The summed E-state index contributed by atoms with van der Waals surface area (Å²) in [5, 5.41) is 17.6. The van der Waals surface area contributed by atoms with Gasteiger partial charge in [-0.3, -0.25) is 10.1 Å². The second kappa shape index (κ2) is 11.1. The van der Waals surface area contributed by atoms with Gasteiger partial charge >= 0.3 is 6.03 Å². The first-order chi connectivity index (χ1) is 15.4. The Bertz CT molecular complexity index is 1090. The normalized spacial score (nSPS) is 12.5. The van der Waals surface area contributed by atoms with Crippen molar-refractivity contribution in [3.63, 3.8) is 0 Å². The highest BCUT2D eigenvalue weighted by Gasteiger charge is 2.27. The van der Waals surface area contributed by atoms with Gasteiger partial charge in [-0.25, -0.2) is 4.79 Å². The van der Waals surface area contributed by atoms with E-state index in [4.69, 9.17) is 4.74 Å². The summed E-state index contributed by atoms with van der Waals surface area (Å²) in [4.78, 5) is 25.5. The molecule has 2 unspecified atom stereocenters. The van der Waals surface area contributed by atoms with Crippen LogP contribution in [0.2, 0.25) is 0 Å². The van der Waals surface area contributed by atoms with Crippen molar-refractivity contribution in [3.8, 4) is 16.3 Å². The van der Waals surface area contributed by atoms with Crippen LogP contribution < -0.4 is 20.7 Å². The first kappa shape index (κ1) is 23.7. The van der Waals surface area contributed by atoms with Crippen LogP contribution in [-0.2, 0) is 4.79 Å². The van der Waals surface area contributed by atoms with Crippen molar-refractivity contribution < 1.29 is 14.3 Å². The van der Waals surface area contributed by atoms with Gasteiger partial charge in [0.05, 0.1) is 12.8 Å². The van der Waals surface area contributed by atoms with E-state index in [0.717, 1.165) is 10.0 Å². The minimum Gasteiger partial charge on any atom is -0.497 e. The molecule has 0 saturated carbocycles. The van der Waals surface area contributed by atoms with Gasteiger partial charge in [-0.1, -0.05) is 55.9 Å². The van der Waals surface area contributed by atoms with Crippen LogP contribution in [0, 0.1) is 5.92 Å². The molecule has 0 saturated heterocycles. The molecule has 2 atom stereocenters. The number of urea groups is 1. The number of carbonyl (C=O) groups is 2. The van der Waals surface area contributed by atoms with Gasteiger partial charge in [0.15, 0.2) is 0 Å². The van der Waals surface area contributed by atoms with E-state index in [2.05, 4.69) is 42.1 Å². The maximum atomic E-state index is 13.0. The molecule has 10 heteroatoms. The fourth-order valence-electron chi connectivity index (χ4n) is 2.89. The molecule has 0 aliphatic heterocycles. The second-order valence-corrected chi connectivity index (χ2v) is 8.91. The standard InChI is InChI=1S/C22H24BrN5O3S/c1-4-13(2)18(25-21(30)24-17-11-6-5-10-16(17)23)19(29)26-22-28-27-20(32-22)14-8-7-9-15(12-14)31-3/h5-13,18H,4H2,1-3H3,(H2,24,25,30)(H,26,28,29). The number of rotatable bonds is 8. The number of ether oxygens (including phenoxy) is 1. The Morgan fingerprint density at radius 2 is 1.91 bits per heavy atom. The maximum Gasteiger partial charge on any atom is 0.319 e. The third-order valence-corrected chi connectivity index (χ3v) is 6.46. The topological polar surface area (TPSA) is 105 Å². The number of aromatic nitrogens is 2. The molecule has 3 amide bonds. The Balaban J connectivity index is 1.69. The van der Waals surface area contributed by atoms with Crippen molar-refractivity contribution in [2.45, 2.75) is 26.3 Å². The lowest BCUT2D eigenvalue weighted by molar-refractivity contribution is -0.119. The van der Waals surface area contributed by atoms with Crippen molar-refractivity contribution in [1.29, 1.82) is 0 Å². The number of para-hydroxylation sites is 1. The zero-order chi connectivity index (χ0) is 23.1. The smallest absolute Gasteiger partial charge is 0.319 e. The van der Waals surface area contributed by atoms with Crippen LogP contribution in [0.1, 0.15) is 20.3 Å². The molecule has 32 heavy (non-hydrogen) atoms. The summed E-state index contributed by atoms with van der Waals surface area (Å²) < 4.78 is 5.99. The Morgan fingerprint density at radius 3 is 2.62 bits per heavy atom. The fraction of sp³-hybridized carbons (Fsp3) is 0.273. The van der Waals surface area contributed by atoms with Crippen LogP contribution in [-0.4, -0.2) is 35.3 Å². The van der Waals surface area contributed by atoms with Gasteiger partial charge in [0, 0.05) is 10.0 Å². The summed E-state index contributed by atoms with van der Waals surface area (Å²) in [5.74, 6) is 0.265. The van der Waals surface area contributed by atoms with Crippen LogP contribution in [0.5, 0.6) is 5.75 Å². The highest BCUT2D eigenvalue weighted by atomic mass is 79.9. The molecular formula is C22H24BrN5O3S. The molecule has 168 valence electrons. The monoisotopic (exact) mass is 517 g/mol. The molecule has 3 aromatic rings. The molecule has 2 aromatic carbocycles. The van der Waals surface area contributed by atoms with Gasteiger partial charge in [0.2, 0.25) is 11.0 Å². The van der Waals surface area contributed by atoms with Crippen molar-refractivity contribution >= 4 is 50.0 Å². The Hall–Kier alpha value is -2.98. The highest BCUT2D eigenvalue weighted by Crippen LogP contribution is 2.29. The maximum absolute atomic E-state index is 13.0. The molecule has 0 spiro atoms. The van der Waals surface area contributed by atoms with Gasteiger partial charge < -0.3 is 15.4 Å². The van der Waals surface area contributed by atoms with Gasteiger partial charge in [-0.2, -0.15) is 0 Å². The predicted octanol–water partition coefficient (Wildman–Crippen LogP) is 5.15. The number of anilines is 2. The minimum absolute atomic E-state index is 0.0919. The van der Waals surface area contributed by atoms with Crippen LogP contribution >= 0.6 is 27.3 Å². The molecule has 8 nitrogen and oxygen atoms in total. The Kier molecular flexibility index (Phi) is 8.18. The summed E-state index contributed by atoms with van der Waals surface area (Å²) in [5.41, 5.74) is 1.45. The van der Waals surface area contributed by atoms with Gasteiger partial charge in [-0.05, 0) is 46.1 Å². The number of nitrogens with zero attached hydrogens (tertiary/aromatic N) is 2. The second-order valence-electron chi connectivity index (χ2n) is 7.08. The third kappa shape index (κ3) is 6.04. The van der Waals surface area contributed by atoms with E-state index in [1.54, 1.807) is 13.2 Å². The molecule has 0 radical (unpaired) electrons. The Labute approximate surface area is 198 Å². The van der Waals surface area contributed by atoms with E-state index in [0.29, 0.717) is 28.0 Å². The number of nitrogens with one attached hydrogen (secondary N) is 3. The van der Waals surface area contributed by atoms with Crippen LogP contribution in [0.15, 0.2) is 53.0 Å². The van der Waals surface area contributed by atoms with E-state index in [1.807, 2.05) is 56.3 Å². The van der Waals surface area contributed by atoms with Crippen molar-refractivity contribution in [2.24, 2.45) is 5.92 Å². The first-order valence-corrected chi connectivity index (χ1v) is 11.6. The molecule has 3 rings (SSSR count). The lowest BCUT2D eigenvalue weighted by Gasteiger charge is -2.23. The first-order valence-electron chi connectivity index (χ1n) is 10.0. The molecule has 0 bridgehead atoms. The number of benzene rings is 2. The molecular weight excluding hydrogens is 494 g/mol. The average molecular weight is 518 g/mol. The number of hydrogen-bond acceptors (Lipinski definition) is 6. The fourth-order valence-corrected chi connectivity index (χ4v) is 4.02. The summed E-state index contributed by atoms with van der Waals surface area (Å²) in [6, 6.07) is 13.5. The van der Waals surface area contributed by atoms with Crippen LogP contribution in [0.4, 0.5) is 15.6 Å². The van der Waals surface area contributed by atoms with Crippen molar-refractivity contribution in [1.82, 2.24) is 15.5 Å². The number of hydrogen-bond donors (Lipinski definition) is 3. The lowest BCUT2D eigenvalue weighted by atomic mass is 9.98. The summed E-state index contributed by atoms with van der Waals surface area (Å²) >= 11 is 4.64. The van der Waals surface area contributed by atoms with Crippen LogP contribution in [0.25, 0.3) is 10.6 Å². The number of halogens is 1. The van der Waals surface area contributed by atoms with Crippen molar-refractivity contribution in [3.05, 3.63) is 53.0 Å². The highest BCUT2D eigenvalue weighted by molar-refractivity contribution is 9.10. The summed E-state index contributed by atoms with van der Waals surface area (Å²) in [6.07, 6.45) is 0.707. The van der Waals surface area contributed by atoms with E-state index in [1.165, 1.54) is 11.3 Å². The Morgan fingerprint density at radius 1 is 1.12 bits per heavy atom. The third-order valence-electron chi connectivity index (χ3n) is 4.88. The minimum atomic E-state index is -0.744. The van der Waals surface area contributed by atoms with Gasteiger partial charge in [0.1, 0.15) is 16.8 Å². The van der Waals surface area contributed by atoms with Crippen molar-refractivity contribution in [2.75, 3.05) is 17.7 Å². The SMILES string of the molecule is CCC(C)C(NC(=O)Nc1ccccc1Br)C(=O)Nc1nnc(-c2cccc(OC)c2)s1. The van der Waals surface area contributed by atoms with E-state index in [-0.39, 0.29) is 11.8 Å². The molecule has 1 aromatic heterocycles. The lowest BCUT2D eigenvalue weighted by Crippen LogP contribution is -2.49. The molecule has 0 fully saturated rings. The van der Waals surface area contributed by atoms with E-state index in [9.17, 15) is 9.59 Å². The summed E-state index contributed by atoms with van der Waals surface area (Å²) in [6.45, 7) is 3.87. The zero-order valence-corrected chi connectivity index (χ0v) is 20.3. The number of methoxy groups -OCH3 is 1. The van der Waals surface area contributed by atoms with Gasteiger partial charge in [-0.15, -0.1) is 10.2 Å². The summed E-state index contributed by atoms with van der Waals surface area (Å²) in [7, 11) is 1.60. The molecule has 0 aliphatic carbocycles. The molecule has 3 N–H and O–H groups in total. The predicted molar refractivity (Wildman–Crippen MR) is 130 cm³/mol.